The number of alkyl halides is 3. The average molecular weight is 315 g/mol. The SMILES string of the molecule is NC(=O)c1ccccn1.O=C(NCC(F)(F)F)n1ccnc1. The summed E-state index contributed by atoms with van der Waals surface area (Å²) < 4.78 is 35.8. The quantitative estimate of drug-likeness (QED) is 0.868. The molecule has 2 aromatic heterocycles. The Morgan fingerprint density at radius 2 is 2.00 bits per heavy atom. The Hall–Kier alpha value is -2.91. The lowest BCUT2D eigenvalue weighted by Crippen LogP contribution is -2.35. The van der Waals surface area contributed by atoms with Crippen molar-refractivity contribution in [1.29, 1.82) is 0 Å². The maximum atomic E-state index is 11.6. The second kappa shape index (κ2) is 7.76. The van der Waals surface area contributed by atoms with Crippen LogP contribution in [-0.4, -0.2) is 39.2 Å². The van der Waals surface area contributed by atoms with Gasteiger partial charge >= 0.3 is 12.2 Å². The maximum absolute atomic E-state index is 11.6. The number of imidazole rings is 1. The Balaban J connectivity index is 0.000000235. The largest absolute Gasteiger partial charge is 0.405 e. The highest BCUT2D eigenvalue weighted by Gasteiger charge is 2.27. The van der Waals surface area contributed by atoms with E-state index >= 15 is 0 Å². The van der Waals surface area contributed by atoms with Crippen LogP contribution in [0.3, 0.4) is 0 Å². The Labute approximate surface area is 123 Å². The zero-order valence-electron chi connectivity index (χ0n) is 11.1. The fourth-order valence-corrected chi connectivity index (χ4v) is 1.15. The summed E-state index contributed by atoms with van der Waals surface area (Å²) in [6.45, 7) is -1.34. The van der Waals surface area contributed by atoms with Crippen LogP contribution >= 0.6 is 0 Å². The molecule has 0 bridgehead atoms. The molecule has 2 amide bonds. The van der Waals surface area contributed by atoms with Crippen molar-refractivity contribution in [3.63, 3.8) is 0 Å². The first-order valence-electron chi connectivity index (χ1n) is 5.83. The normalized spacial score (nSPS) is 10.3. The molecule has 22 heavy (non-hydrogen) atoms. The van der Waals surface area contributed by atoms with E-state index < -0.39 is 24.7 Å². The molecule has 0 atom stereocenters. The minimum atomic E-state index is -4.39. The summed E-state index contributed by atoms with van der Waals surface area (Å²) in [5.74, 6) is -0.490. The Morgan fingerprint density at radius 1 is 1.27 bits per heavy atom. The molecule has 2 aromatic rings. The van der Waals surface area contributed by atoms with Gasteiger partial charge < -0.3 is 11.1 Å². The predicted molar refractivity (Wildman–Crippen MR) is 69.8 cm³/mol. The first kappa shape index (κ1) is 17.1. The van der Waals surface area contributed by atoms with Gasteiger partial charge in [0.25, 0.3) is 5.91 Å². The molecule has 0 radical (unpaired) electrons. The Bertz CT molecular complexity index is 599. The van der Waals surface area contributed by atoms with Crippen LogP contribution in [0, 0.1) is 0 Å². The van der Waals surface area contributed by atoms with Crippen molar-refractivity contribution in [2.45, 2.75) is 6.18 Å². The number of amides is 2. The standard InChI is InChI=1S/C6H6F3N3O.C6H6N2O/c7-6(8,9)3-11-5(13)12-2-1-10-4-12;7-6(9)5-3-1-2-4-8-5/h1-2,4H,3H2,(H,11,13);1-4H,(H2,7,9). The number of halogens is 3. The van der Waals surface area contributed by atoms with Gasteiger partial charge in [-0.05, 0) is 12.1 Å². The van der Waals surface area contributed by atoms with Gasteiger partial charge in [-0.3, -0.25) is 14.3 Å². The summed E-state index contributed by atoms with van der Waals surface area (Å²) in [5, 5.41) is 1.68. The number of carbonyl (C=O) groups is 2. The van der Waals surface area contributed by atoms with E-state index in [-0.39, 0.29) is 0 Å². The van der Waals surface area contributed by atoms with E-state index in [0.717, 1.165) is 10.9 Å². The molecular weight excluding hydrogens is 303 g/mol. The zero-order valence-corrected chi connectivity index (χ0v) is 11.1. The lowest BCUT2D eigenvalue weighted by atomic mass is 10.3. The number of hydrogen-bond acceptors (Lipinski definition) is 4. The van der Waals surface area contributed by atoms with Gasteiger partial charge in [-0.1, -0.05) is 6.07 Å². The van der Waals surface area contributed by atoms with Gasteiger partial charge in [0.1, 0.15) is 18.6 Å². The van der Waals surface area contributed by atoms with Crippen LogP contribution in [0.1, 0.15) is 10.5 Å². The molecule has 0 fully saturated rings. The van der Waals surface area contributed by atoms with Crippen LogP contribution in [0.25, 0.3) is 0 Å². The molecule has 3 N–H and O–H groups in total. The number of nitrogens with one attached hydrogen (secondary N) is 1. The van der Waals surface area contributed by atoms with Crippen LogP contribution in [-0.2, 0) is 0 Å². The third-order valence-electron chi connectivity index (χ3n) is 2.10. The number of carbonyl (C=O) groups excluding carboxylic acids is 2. The van der Waals surface area contributed by atoms with E-state index in [1.807, 2.05) is 0 Å². The summed E-state index contributed by atoms with van der Waals surface area (Å²) in [4.78, 5) is 28.4. The van der Waals surface area contributed by atoms with Gasteiger partial charge in [0.05, 0.1) is 0 Å². The van der Waals surface area contributed by atoms with Crippen LogP contribution in [0.4, 0.5) is 18.0 Å². The van der Waals surface area contributed by atoms with E-state index in [1.165, 1.54) is 18.6 Å². The van der Waals surface area contributed by atoms with Gasteiger partial charge in [-0.15, -0.1) is 0 Å². The molecule has 0 aliphatic carbocycles. The summed E-state index contributed by atoms with van der Waals surface area (Å²) in [6.07, 6.45) is 0.806. The fraction of sp³-hybridized carbons (Fsp3) is 0.167. The van der Waals surface area contributed by atoms with Gasteiger partial charge in [-0.25, -0.2) is 9.78 Å². The maximum Gasteiger partial charge on any atom is 0.405 e. The smallest absolute Gasteiger partial charge is 0.364 e. The molecule has 0 aliphatic heterocycles. The minimum Gasteiger partial charge on any atom is -0.364 e. The van der Waals surface area contributed by atoms with E-state index in [0.29, 0.717) is 5.69 Å². The molecule has 10 heteroatoms. The topological polar surface area (TPSA) is 103 Å². The van der Waals surface area contributed by atoms with Crippen molar-refractivity contribution in [1.82, 2.24) is 19.9 Å². The highest BCUT2D eigenvalue weighted by molar-refractivity contribution is 5.90. The molecule has 0 aliphatic rings. The van der Waals surface area contributed by atoms with Gasteiger partial charge in [0.2, 0.25) is 0 Å². The fourth-order valence-electron chi connectivity index (χ4n) is 1.15. The lowest BCUT2D eigenvalue weighted by molar-refractivity contribution is -0.122. The highest BCUT2D eigenvalue weighted by Crippen LogP contribution is 2.12. The van der Waals surface area contributed by atoms with Crippen LogP contribution < -0.4 is 11.1 Å². The predicted octanol–water partition coefficient (Wildman–Crippen LogP) is 1.18. The Kier molecular flexibility index (Phi) is 6.05. The van der Waals surface area contributed by atoms with Crippen molar-refractivity contribution in [3.8, 4) is 0 Å². The van der Waals surface area contributed by atoms with Crippen LogP contribution in [0.5, 0.6) is 0 Å². The first-order chi connectivity index (χ1) is 10.3. The van der Waals surface area contributed by atoms with E-state index in [4.69, 9.17) is 5.73 Å². The molecular formula is C12H12F3N5O2. The first-order valence-corrected chi connectivity index (χ1v) is 5.83. The summed E-state index contributed by atoms with van der Waals surface area (Å²) >= 11 is 0. The van der Waals surface area contributed by atoms with Crippen LogP contribution in [0.15, 0.2) is 43.1 Å². The Morgan fingerprint density at radius 3 is 2.41 bits per heavy atom. The molecule has 0 saturated carbocycles. The highest BCUT2D eigenvalue weighted by atomic mass is 19.4. The molecule has 0 aromatic carbocycles. The lowest BCUT2D eigenvalue weighted by Gasteiger charge is -2.07. The average Bonchev–Trinajstić information content (AvgIpc) is 3.00. The number of aromatic nitrogens is 3. The molecule has 118 valence electrons. The number of nitrogens with zero attached hydrogens (tertiary/aromatic N) is 3. The second-order valence-corrected chi connectivity index (χ2v) is 3.82. The molecule has 0 spiro atoms. The third-order valence-corrected chi connectivity index (χ3v) is 2.10. The van der Waals surface area contributed by atoms with Gasteiger partial charge in [0.15, 0.2) is 0 Å². The summed E-state index contributed by atoms with van der Waals surface area (Å²) in [7, 11) is 0. The number of pyridine rings is 1. The van der Waals surface area contributed by atoms with E-state index in [2.05, 4.69) is 9.97 Å². The van der Waals surface area contributed by atoms with Crippen molar-refractivity contribution in [2.24, 2.45) is 5.73 Å². The van der Waals surface area contributed by atoms with Crippen molar-refractivity contribution in [2.75, 3.05) is 6.54 Å². The van der Waals surface area contributed by atoms with E-state index in [1.54, 1.807) is 23.5 Å². The monoisotopic (exact) mass is 315 g/mol. The molecule has 2 rings (SSSR count). The summed E-state index contributed by atoms with van der Waals surface area (Å²) in [5.41, 5.74) is 5.22. The molecule has 0 unspecified atom stereocenters. The third kappa shape index (κ3) is 6.50. The van der Waals surface area contributed by atoms with Crippen molar-refractivity contribution < 1.29 is 22.8 Å². The van der Waals surface area contributed by atoms with Gasteiger partial charge in [0, 0.05) is 18.6 Å². The molecule has 7 nitrogen and oxygen atoms in total. The summed E-state index contributed by atoms with van der Waals surface area (Å²) in [6, 6.07) is 4.16. The molecule has 0 saturated heterocycles. The minimum absolute atomic E-state index is 0.303. The van der Waals surface area contributed by atoms with Crippen LogP contribution in [0.2, 0.25) is 0 Å². The number of nitrogens with two attached hydrogens (primary N) is 1. The molecule has 2 heterocycles. The van der Waals surface area contributed by atoms with Crippen molar-refractivity contribution >= 4 is 11.9 Å². The van der Waals surface area contributed by atoms with Gasteiger partial charge in [-0.2, -0.15) is 13.2 Å². The zero-order chi connectivity index (χ0) is 16.6. The van der Waals surface area contributed by atoms with E-state index in [9.17, 15) is 22.8 Å². The number of primary amides is 1. The van der Waals surface area contributed by atoms with Crippen molar-refractivity contribution in [3.05, 3.63) is 48.8 Å². The number of hydrogen-bond donors (Lipinski definition) is 2. The second-order valence-electron chi connectivity index (χ2n) is 3.82. The number of rotatable bonds is 2.